The molecule has 7 rings (SSSR count). The van der Waals surface area contributed by atoms with E-state index in [1.54, 1.807) is 12.3 Å². The molecular weight excluding hydrogens is 438 g/mol. The molecule has 3 heteroatoms. The van der Waals surface area contributed by atoms with E-state index in [-0.39, 0.29) is 5.41 Å². The summed E-state index contributed by atoms with van der Waals surface area (Å²) in [6, 6.07) is 36.5. The number of rotatable bonds is 2. The van der Waals surface area contributed by atoms with E-state index < -0.39 is 0 Å². The average molecular weight is 462 g/mol. The van der Waals surface area contributed by atoms with Crippen molar-refractivity contribution in [2.24, 2.45) is 0 Å². The molecule has 2 aromatic heterocycles. The second kappa shape index (κ2) is 7.41. The number of nitrogens with zero attached hydrogens (tertiary/aromatic N) is 3. The van der Waals surface area contributed by atoms with E-state index in [1.165, 1.54) is 44.1 Å². The van der Waals surface area contributed by atoms with Crippen LogP contribution in [0.25, 0.3) is 49.7 Å². The topological polar surface area (TPSA) is 41.6 Å². The molecule has 2 heterocycles. The van der Waals surface area contributed by atoms with E-state index in [1.807, 2.05) is 6.07 Å². The molecular formula is C33H23N3. The molecule has 6 aromatic rings. The molecule has 170 valence electrons. The fourth-order valence-corrected chi connectivity index (χ4v) is 6.07. The van der Waals surface area contributed by atoms with E-state index in [4.69, 9.17) is 5.26 Å². The van der Waals surface area contributed by atoms with Gasteiger partial charge in [0.25, 0.3) is 0 Å². The fourth-order valence-electron chi connectivity index (χ4n) is 6.07. The summed E-state index contributed by atoms with van der Waals surface area (Å²) in [5.74, 6) is 0. The first-order chi connectivity index (χ1) is 17.6. The third-order valence-electron chi connectivity index (χ3n) is 7.67. The molecule has 0 bridgehead atoms. The summed E-state index contributed by atoms with van der Waals surface area (Å²) < 4.78 is 2.38. The molecule has 4 aromatic carbocycles. The third kappa shape index (κ3) is 2.76. The monoisotopic (exact) mass is 461 g/mol. The van der Waals surface area contributed by atoms with Gasteiger partial charge in [0.15, 0.2) is 0 Å². The molecule has 0 aliphatic heterocycles. The highest BCUT2D eigenvalue weighted by molar-refractivity contribution is 6.14. The molecule has 0 amide bonds. The molecule has 1 aliphatic carbocycles. The second-order valence-corrected chi connectivity index (χ2v) is 10.00. The minimum Gasteiger partial charge on any atom is -0.309 e. The summed E-state index contributed by atoms with van der Waals surface area (Å²) in [7, 11) is 0. The lowest BCUT2D eigenvalue weighted by Crippen LogP contribution is -2.15. The highest BCUT2D eigenvalue weighted by Gasteiger charge is 2.37. The summed E-state index contributed by atoms with van der Waals surface area (Å²) >= 11 is 0. The quantitative estimate of drug-likeness (QED) is 0.262. The Bertz CT molecular complexity index is 1860. The highest BCUT2D eigenvalue weighted by Crippen LogP contribution is 2.53. The predicted molar refractivity (Wildman–Crippen MR) is 146 cm³/mol. The van der Waals surface area contributed by atoms with Crippen LogP contribution in [0.3, 0.4) is 0 Å². The molecule has 1 aliphatic rings. The van der Waals surface area contributed by atoms with Gasteiger partial charge in [-0.05, 0) is 64.2 Å². The molecule has 0 saturated heterocycles. The van der Waals surface area contributed by atoms with Crippen LogP contribution < -0.4 is 0 Å². The second-order valence-electron chi connectivity index (χ2n) is 10.00. The molecule has 3 nitrogen and oxygen atoms in total. The van der Waals surface area contributed by atoms with Crippen LogP contribution >= 0.6 is 0 Å². The summed E-state index contributed by atoms with van der Waals surface area (Å²) in [6.45, 7) is 4.70. The largest absolute Gasteiger partial charge is 0.309 e. The van der Waals surface area contributed by atoms with Gasteiger partial charge >= 0.3 is 0 Å². The molecule has 0 spiro atoms. The number of para-hydroxylation sites is 1. The van der Waals surface area contributed by atoms with Gasteiger partial charge < -0.3 is 4.57 Å². The summed E-state index contributed by atoms with van der Waals surface area (Å²) in [5.41, 5.74) is 11.4. The van der Waals surface area contributed by atoms with Crippen molar-refractivity contribution < 1.29 is 0 Å². The van der Waals surface area contributed by atoms with E-state index in [2.05, 4.69) is 114 Å². The van der Waals surface area contributed by atoms with Crippen molar-refractivity contribution in [1.29, 1.82) is 5.26 Å². The van der Waals surface area contributed by atoms with Crippen molar-refractivity contribution in [3.63, 3.8) is 0 Å². The number of aromatic nitrogens is 2. The lowest BCUT2D eigenvalue weighted by Gasteiger charge is -2.22. The zero-order valence-electron chi connectivity index (χ0n) is 20.2. The zero-order chi connectivity index (χ0) is 24.4. The maximum atomic E-state index is 9.11. The van der Waals surface area contributed by atoms with Crippen LogP contribution in [0, 0.1) is 11.3 Å². The van der Waals surface area contributed by atoms with Crippen molar-refractivity contribution in [1.82, 2.24) is 9.55 Å². The van der Waals surface area contributed by atoms with E-state index in [9.17, 15) is 0 Å². The predicted octanol–water partition coefficient (Wildman–Crippen LogP) is 8.02. The summed E-state index contributed by atoms with van der Waals surface area (Å²) in [4.78, 5) is 4.27. The number of nitriles is 1. The van der Waals surface area contributed by atoms with Gasteiger partial charge in [-0.3, -0.25) is 0 Å². The zero-order valence-corrected chi connectivity index (χ0v) is 20.2. The smallest absolute Gasteiger partial charge is 0.140 e. The SMILES string of the molecule is CC1(C)c2ccccc2-c2ccc3c(c21)c1ccccc1n3-c1cccc(-c2ccc(C#N)nc2)c1. The van der Waals surface area contributed by atoms with Gasteiger partial charge in [0.1, 0.15) is 11.8 Å². The molecule has 0 saturated carbocycles. The Balaban J connectivity index is 1.52. The average Bonchev–Trinajstić information content (AvgIpc) is 3.38. The van der Waals surface area contributed by atoms with Crippen LogP contribution in [-0.2, 0) is 5.41 Å². The van der Waals surface area contributed by atoms with Crippen molar-refractivity contribution in [2.75, 3.05) is 0 Å². The van der Waals surface area contributed by atoms with Crippen LogP contribution in [0.15, 0.2) is 103 Å². The Morgan fingerprint density at radius 1 is 0.750 bits per heavy atom. The lowest BCUT2D eigenvalue weighted by molar-refractivity contribution is 0.666. The van der Waals surface area contributed by atoms with Gasteiger partial charge in [-0.2, -0.15) is 5.26 Å². The Labute approximate surface area is 209 Å². The van der Waals surface area contributed by atoms with Crippen LogP contribution in [0.4, 0.5) is 0 Å². The highest BCUT2D eigenvalue weighted by atomic mass is 15.0. The summed E-state index contributed by atoms with van der Waals surface area (Å²) in [5, 5.41) is 11.7. The number of pyridine rings is 1. The minimum absolute atomic E-state index is 0.0869. The first kappa shape index (κ1) is 20.7. The maximum absolute atomic E-state index is 9.11. The van der Waals surface area contributed by atoms with E-state index >= 15 is 0 Å². The maximum Gasteiger partial charge on any atom is 0.140 e. The van der Waals surface area contributed by atoms with Gasteiger partial charge in [-0.15, -0.1) is 0 Å². The Hall–Kier alpha value is -4.68. The molecule has 0 fully saturated rings. The van der Waals surface area contributed by atoms with Crippen molar-refractivity contribution in [3.8, 4) is 34.0 Å². The van der Waals surface area contributed by atoms with E-state index in [0.717, 1.165) is 16.8 Å². The number of hydrogen-bond donors (Lipinski definition) is 0. The van der Waals surface area contributed by atoms with Crippen molar-refractivity contribution in [2.45, 2.75) is 19.3 Å². The molecule has 0 atom stereocenters. The van der Waals surface area contributed by atoms with Crippen molar-refractivity contribution >= 4 is 21.8 Å². The Morgan fingerprint density at radius 3 is 2.42 bits per heavy atom. The lowest BCUT2D eigenvalue weighted by atomic mass is 9.80. The number of benzene rings is 4. The first-order valence-electron chi connectivity index (χ1n) is 12.2. The molecule has 36 heavy (non-hydrogen) atoms. The van der Waals surface area contributed by atoms with Gasteiger partial charge in [0.05, 0.1) is 11.0 Å². The van der Waals surface area contributed by atoms with Gasteiger partial charge in [-0.1, -0.05) is 74.5 Å². The number of hydrogen-bond acceptors (Lipinski definition) is 2. The van der Waals surface area contributed by atoms with Crippen LogP contribution in [0.2, 0.25) is 0 Å². The molecule has 0 N–H and O–H groups in total. The van der Waals surface area contributed by atoms with Gasteiger partial charge in [0, 0.05) is 33.6 Å². The Kier molecular flexibility index (Phi) is 4.25. The normalized spacial score (nSPS) is 13.5. The van der Waals surface area contributed by atoms with Crippen LogP contribution in [-0.4, -0.2) is 9.55 Å². The van der Waals surface area contributed by atoms with Gasteiger partial charge in [0.2, 0.25) is 0 Å². The third-order valence-corrected chi connectivity index (χ3v) is 7.67. The first-order valence-corrected chi connectivity index (χ1v) is 12.2. The van der Waals surface area contributed by atoms with Crippen LogP contribution in [0.5, 0.6) is 0 Å². The van der Waals surface area contributed by atoms with E-state index in [0.29, 0.717) is 5.69 Å². The number of fused-ring (bicyclic) bond motifs is 7. The standard InChI is InChI=1S/C33H23N3/c1-33(2)28-12-5-3-10-25(28)26-16-17-30-31(32(26)33)27-11-4-6-13-29(27)36(30)24-9-7-8-21(18-24)22-14-15-23(19-34)35-20-22/h3-18,20H,1-2H3. The Morgan fingerprint density at radius 2 is 1.58 bits per heavy atom. The van der Waals surface area contributed by atoms with Crippen LogP contribution in [0.1, 0.15) is 30.7 Å². The minimum atomic E-state index is -0.0869. The van der Waals surface area contributed by atoms with Crippen molar-refractivity contribution in [3.05, 3.63) is 120 Å². The fraction of sp³-hybridized carbons (Fsp3) is 0.0909. The summed E-state index contributed by atoms with van der Waals surface area (Å²) in [6.07, 6.45) is 1.77. The molecule has 0 radical (unpaired) electrons. The molecule has 0 unspecified atom stereocenters. The van der Waals surface area contributed by atoms with Gasteiger partial charge in [-0.25, -0.2) is 4.98 Å².